The average molecular weight is 543 g/mol. The lowest BCUT2D eigenvalue weighted by Gasteiger charge is -2.36. The third kappa shape index (κ3) is 4.63. The van der Waals surface area contributed by atoms with Crippen molar-refractivity contribution in [3.8, 4) is 0 Å². The van der Waals surface area contributed by atoms with Gasteiger partial charge in [-0.1, -0.05) is 0 Å². The van der Waals surface area contributed by atoms with Crippen LogP contribution in [0.1, 0.15) is 102 Å². The third-order valence-corrected chi connectivity index (χ3v) is 8.12. The lowest BCUT2D eigenvalue weighted by atomic mass is 10.0. The molecule has 40 heavy (non-hydrogen) atoms. The van der Waals surface area contributed by atoms with E-state index in [0.29, 0.717) is 36.1 Å². The predicted octanol–water partition coefficient (Wildman–Crippen LogP) is 4.29. The summed E-state index contributed by atoms with van der Waals surface area (Å²) in [6.07, 6.45) is 4.39. The van der Waals surface area contributed by atoms with Gasteiger partial charge in [-0.3, -0.25) is 19.0 Å². The summed E-state index contributed by atoms with van der Waals surface area (Å²) >= 11 is 0. The van der Waals surface area contributed by atoms with E-state index in [1.165, 1.54) is 0 Å². The smallest absolute Gasteiger partial charge is 0.255 e. The summed E-state index contributed by atoms with van der Waals surface area (Å²) in [5, 5.41) is 13.8. The third-order valence-electron chi connectivity index (χ3n) is 8.12. The molecule has 4 heterocycles. The van der Waals surface area contributed by atoms with Crippen molar-refractivity contribution in [1.82, 2.24) is 39.7 Å². The number of pyridine rings is 2. The van der Waals surface area contributed by atoms with Crippen molar-refractivity contribution in [2.75, 3.05) is 13.1 Å². The van der Waals surface area contributed by atoms with E-state index in [1.807, 2.05) is 65.7 Å². The summed E-state index contributed by atoms with van der Waals surface area (Å²) in [5.74, 6) is 0.575. The number of carbonyl (C=O) groups is 2. The van der Waals surface area contributed by atoms with Crippen LogP contribution in [-0.2, 0) is 14.1 Å². The van der Waals surface area contributed by atoms with Crippen LogP contribution in [0, 0.1) is 13.8 Å². The number of hydrogen-bond donors (Lipinski definition) is 1. The van der Waals surface area contributed by atoms with Crippen molar-refractivity contribution in [2.45, 2.75) is 77.7 Å². The number of nitrogens with zero attached hydrogens (tertiary/aromatic N) is 7. The molecular weight excluding hydrogens is 504 g/mol. The molecule has 0 unspecified atom stereocenters. The first-order valence-electron chi connectivity index (χ1n) is 14.2. The molecule has 0 saturated heterocycles. The molecule has 10 nitrogen and oxygen atoms in total. The zero-order valence-electron chi connectivity index (χ0n) is 24.5. The van der Waals surface area contributed by atoms with Gasteiger partial charge in [0.15, 0.2) is 11.3 Å². The second kappa shape index (κ2) is 9.38. The molecular formula is C30H38N8O2. The van der Waals surface area contributed by atoms with Crippen LogP contribution < -0.4 is 5.32 Å². The van der Waals surface area contributed by atoms with Gasteiger partial charge in [0, 0.05) is 55.9 Å². The van der Waals surface area contributed by atoms with Crippen molar-refractivity contribution < 1.29 is 9.59 Å². The van der Waals surface area contributed by atoms with Gasteiger partial charge in [-0.15, -0.1) is 0 Å². The highest BCUT2D eigenvalue weighted by Gasteiger charge is 2.33. The van der Waals surface area contributed by atoms with E-state index >= 15 is 0 Å². The molecule has 2 aliphatic rings. The molecule has 0 radical (unpaired) electrons. The summed E-state index contributed by atoms with van der Waals surface area (Å²) in [6, 6.07) is 3.89. The van der Waals surface area contributed by atoms with Gasteiger partial charge >= 0.3 is 0 Å². The molecule has 0 spiro atoms. The van der Waals surface area contributed by atoms with E-state index in [0.717, 1.165) is 70.5 Å². The summed E-state index contributed by atoms with van der Waals surface area (Å²) < 4.78 is 3.51. The van der Waals surface area contributed by atoms with Crippen LogP contribution in [0.3, 0.4) is 0 Å². The first kappa shape index (κ1) is 26.4. The highest BCUT2D eigenvalue weighted by molar-refractivity contribution is 6.08. The Morgan fingerprint density at radius 3 is 1.82 bits per heavy atom. The van der Waals surface area contributed by atoms with E-state index in [9.17, 15) is 9.59 Å². The minimum atomic E-state index is -0.462. The van der Waals surface area contributed by atoms with Gasteiger partial charge in [0.05, 0.1) is 33.3 Å². The molecule has 10 heteroatoms. The molecule has 210 valence electrons. The molecule has 6 rings (SSSR count). The molecule has 0 bridgehead atoms. The maximum absolute atomic E-state index is 14.2. The maximum Gasteiger partial charge on any atom is 0.255 e. The quantitative estimate of drug-likeness (QED) is 0.373. The van der Waals surface area contributed by atoms with Crippen LogP contribution in [0.25, 0.3) is 22.1 Å². The second-order valence-electron chi connectivity index (χ2n) is 12.4. The molecule has 2 saturated carbocycles. The highest BCUT2D eigenvalue weighted by atomic mass is 16.2. The van der Waals surface area contributed by atoms with E-state index in [1.54, 1.807) is 9.36 Å². The Bertz CT molecular complexity index is 1670. The summed E-state index contributed by atoms with van der Waals surface area (Å²) in [4.78, 5) is 39.2. The number of hydrogen-bond acceptors (Lipinski definition) is 6. The van der Waals surface area contributed by atoms with Crippen LogP contribution >= 0.6 is 0 Å². The van der Waals surface area contributed by atoms with Crippen LogP contribution in [-0.4, -0.2) is 64.9 Å². The van der Waals surface area contributed by atoms with Gasteiger partial charge in [-0.2, -0.15) is 10.2 Å². The lowest BCUT2D eigenvalue weighted by molar-refractivity contribution is 0.0581. The van der Waals surface area contributed by atoms with Crippen LogP contribution in [0.2, 0.25) is 0 Å². The van der Waals surface area contributed by atoms with E-state index in [2.05, 4.69) is 15.5 Å². The normalized spacial score (nSPS) is 15.7. The van der Waals surface area contributed by atoms with Crippen molar-refractivity contribution in [3.05, 3.63) is 46.0 Å². The Morgan fingerprint density at radius 1 is 0.875 bits per heavy atom. The maximum atomic E-state index is 14.2. The van der Waals surface area contributed by atoms with Crippen molar-refractivity contribution in [3.63, 3.8) is 0 Å². The fraction of sp³-hybridized carbons (Fsp3) is 0.533. The van der Waals surface area contributed by atoms with Crippen LogP contribution in [0.5, 0.6) is 0 Å². The number of fused-ring (bicyclic) bond motifs is 2. The molecule has 4 aromatic rings. The van der Waals surface area contributed by atoms with E-state index in [-0.39, 0.29) is 11.8 Å². The highest BCUT2D eigenvalue weighted by Crippen LogP contribution is 2.41. The van der Waals surface area contributed by atoms with Crippen molar-refractivity contribution >= 4 is 33.9 Å². The van der Waals surface area contributed by atoms with Gasteiger partial charge < -0.3 is 10.2 Å². The number of carbonyl (C=O) groups excluding carboxylic acids is 2. The van der Waals surface area contributed by atoms with Gasteiger partial charge in [0.25, 0.3) is 11.8 Å². The Kier molecular flexibility index (Phi) is 6.19. The first-order valence-corrected chi connectivity index (χ1v) is 14.2. The average Bonchev–Trinajstić information content (AvgIpc) is 3.82. The largest absolute Gasteiger partial charge is 0.350 e. The molecule has 1 N–H and O–H groups in total. The monoisotopic (exact) mass is 542 g/mol. The van der Waals surface area contributed by atoms with Gasteiger partial charge in [0.1, 0.15) is 0 Å². The Morgan fingerprint density at radius 2 is 1.35 bits per heavy atom. The molecule has 2 amide bonds. The van der Waals surface area contributed by atoms with Crippen LogP contribution in [0.4, 0.5) is 0 Å². The van der Waals surface area contributed by atoms with Crippen molar-refractivity contribution in [2.24, 2.45) is 14.1 Å². The zero-order chi connectivity index (χ0) is 28.5. The SMILES string of the molecule is Cc1nn(C)c2nc(C3CC3)cc(C(=O)NCCN(C(=O)c3cc(C4CC4)nc4c3c(C)nn4C)C(C)(C)C)c12. The number of aryl methyl sites for hydroxylation is 4. The number of rotatable bonds is 7. The minimum Gasteiger partial charge on any atom is -0.350 e. The fourth-order valence-corrected chi connectivity index (χ4v) is 5.72. The predicted molar refractivity (Wildman–Crippen MR) is 154 cm³/mol. The Hall–Kier alpha value is -3.82. The van der Waals surface area contributed by atoms with Gasteiger partial charge in [0.2, 0.25) is 0 Å². The number of aromatic nitrogens is 6. The fourth-order valence-electron chi connectivity index (χ4n) is 5.72. The second-order valence-corrected chi connectivity index (χ2v) is 12.4. The molecule has 0 atom stereocenters. The van der Waals surface area contributed by atoms with Crippen LogP contribution in [0.15, 0.2) is 12.1 Å². The lowest BCUT2D eigenvalue weighted by Crippen LogP contribution is -2.49. The standard InChI is InChI=1S/C30H38N8O2/c1-16-24-20(14-22(18-8-9-18)32-26(24)36(6)34-16)28(39)31-12-13-38(30(3,4)5)29(40)21-15-23(19-10-11-19)33-27-25(21)17(2)35-37(27)7/h14-15,18-19H,8-13H2,1-7H3,(H,31,39). The molecule has 0 aliphatic heterocycles. The van der Waals surface area contributed by atoms with Gasteiger partial charge in [-0.25, -0.2) is 9.97 Å². The van der Waals surface area contributed by atoms with E-state index in [4.69, 9.17) is 9.97 Å². The topological polar surface area (TPSA) is 111 Å². The summed E-state index contributed by atoms with van der Waals surface area (Å²) in [7, 11) is 3.74. The molecule has 0 aromatic carbocycles. The minimum absolute atomic E-state index is 0.0717. The van der Waals surface area contributed by atoms with Gasteiger partial charge in [-0.05, 0) is 72.4 Å². The Labute approximate surface area is 234 Å². The molecule has 2 fully saturated rings. The summed E-state index contributed by atoms with van der Waals surface area (Å²) in [6.45, 7) is 10.6. The molecule has 2 aliphatic carbocycles. The number of nitrogens with one attached hydrogen (secondary N) is 1. The van der Waals surface area contributed by atoms with Crippen molar-refractivity contribution in [1.29, 1.82) is 0 Å². The Balaban J connectivity index is 1.27. The number of amides is 2. The zero-order valence-corrected chi connectivity index (χ0v) is 24.5. The summed E-state index contributed by atoms with van der Waals surface area (Å²) in [5.41, 5.74) is 5.73. The first-order chi connectivity index (χ1) is 18.9. The molecule has 4 aromatic heterocycles. The van der Waals surface area contributed by atoms with E-state index < -0.39 is 5.54 Å².